The molecule has 122 valence electrons. The van der Waals surface area contributed by atoms with Gasteiger partial charge >= 0.3 is 0 Å². The Morgan fingerprint density at radius 1 is 1.32 bits per heavy atom. The molecule has 1 aliphatic carbocycles. The van der Waals surface area contributed by atoms with Gasteiger partial charge in [-0.2, -0.15) is 0 Å². The van der Waals surface area contributed by atoms with Crippen molar-refractivity contribution in [3.8, 4) is 0 Å². The first-order valence-corrected chi connectivity index (χ1v) is 8.94. The van der Waals surface area contributed by atoms with E-state index in [1.165, 1.54) is 43.4 Å². The highest BCUT2D eigenvalue weighted by atomic mass is 32.1. The molecule has 1 fully saturated rings. The van der Waals surface area contributed by atoms with Gasteiger partial charge in [0.05, 0.1) is 12.1 Å². The number of aromatic nitrogens is 1. The normalized spacial score (nSPS) is 15.8. The van der Waals surface area contributed by atoms with Crippen LogP contribution in [0.15, 0.2) is 5.38 Å². The van der Waals surface area contributed by atoms with E-state index in [9.17, 15) is 9.59 Å². The summed E-state index contributed by atoms with van der Waals surface area (Å²) in [6.07, 6.45) is 6.62. The lowest BCUT2D eigenvalue weighted by Crippen LogP contribution is -2.31. The van der Waals surface area contributed by atoms with Gasteiger partial charge in [0.15, 0.2) is 5.13 Å². The Morgan fingerprint density at radius 2 is 2.05 bits per heavy atom. The van der Waals surface area contributed by atoms with E-state index in [2.05, 4.69) is 15.6 Å². The standard InChI is InChI=1S/C16H25N3O2S/c1-11(2)15(21)19-16-18-13(10-22-16)8-14(20)17-9-12-6-4-3-5-7-12/h10-12H,3-9H2,1-2H3,(H,17,20)(H,18,19,21). The predicted molar refractivity (Wildman–Crippen MR) is 88.9 cm³/mol. The molecule has 22 heavy (non-hydrogen) atoms. The monoisotopic (exact) mass is 323 g/mol. The third-order valence-electron chi connectivity index (χ3n) is 3.96. The molecule has 0 saturated heterocycles. The third kappa shape index (κ3) is 5.40. The summed E-state index contributed by atoms with van der Waals surface area (Å²) in [7, 11) is 0. The zero-order valence-electron chi connectivity index (χ0n) is 13.4. The maximum Gasteiger partial charge on any atom is 0.228 e. The molecule has 0 atom stereocenters. The number of nitrogens with one attached hydrogen (secondary N) is 2. The smallest absolute Gasteiger partial charge is 0.228 e. The van der Waals surface area contributed by atoms with Crippen molar-refractivity contribution < 1.29 is 9.59 Å². The highest BCUT2D eigenvalue weighted by molar-refractivity contribution is 7.13. The molecule has 5 nitrogen and oxygen atoms in total. The summed E-state index contributed by atoms with van der Waals surface area (Å²) < 4.78 is 0. The minimum atomic E-state index is -0.0776. The first-order chi connectivity index (χ1) is 10.5. The Labute approximate surface area is 135 Å². The van der Waals surface area contributed by atoms with Gasteiger partial charge in [0.1, 0.15) is 0 Å². The van der Waals surface area contributed by atoms with E-state index in [1.54, 1.807) is 0 Å². The van der Waals surface area contributed by atoms with Crippen molar-refractivity contribution in [2.45, 2.75) is 52.4 Å². The van der Waals surface area contributed by atoms with Crippen LogP contribution in [0.4, 0.5) is 5.13 Å². The molecule has 2 rings (SSSR count). The van der Waals surface area contributed by atoms with E-state index in [0.29, 0.717) is 16.7 Å². The lowest BCUT2D eigenvalue weighted by Gasteiger charge is -2.21. The van der Waals surface area contributed by atoms with E-state index in [1.807, 2.05) is 19.2 Å². The molecule has 0 spiro atoms. The molecule has 0 aromatic carbocycles. The van der Waals surface area contributed by atoms with Gasteiger partial charge < -0.3 is 10.6 Å². The minimum Gasteiger partial charge on any atom is -0.355 e. The molecule has 1 heterocycles. The molecule has 1 aliphatic rings. The zero-order chi connectivity index (χ0) is 15.9. The van der Waals surface area contributed by atoms with Gasteiger partial charge in [-0.3, -0.25) is 9.59 Å². The lowest BCUT2D eigenvalue weighted by atomic mass is 9.89. The van der Waals surface area contributed by atoms with Crippen LogP contribution in [0, 0.1) is 11.8 Å². The van der Waals surface area contributed by atoms with Gasteiger partial charge in [0, 0.05) is 17.8 Å². The third-order valence-corrected chi connectivity index (χ3v) is 4.77. The SMILES string of the molecule is CC(C)C(=O)Nc1nc(CC(=O)NCC2CCCCC2)cs1. The fourth-order valence-electron chi connectivity index (χ4n) is 2.57. The lowest BCUT2D eigenvalue weighted by molar-refractivity contribution is -0.120. The average molecular weight is 323 g/mol. The molecule has 1 aromatic rings. The highest BCUT2D eigenvalue weighted by Crippen LogP contribution is 2.22. The molecule has 0 bridgehead atoms. The molecular formula is C16H25N3O2S. The van der Waals surface area contributed by atoms with Crippen LogP contribution in [0.3, 0.4) is 0 Å². The van der Waals surface area contributed by atoms with Crippen molar-refractivity contribution in [3.63, 3.8) is 0 Å². The second-order valence-corrected chi connectivity index (χ2v) is 7.13. The van der Waals surface area contributed by atoms with Gasteiger partial charge in [-0.05, 0) is 18.8 Å². The molecule has 0 aliphatic heterocycles. The molecule has 0 unspecified atom stereocenters. The Bertz CT molecular complexity index is 507. The number of hydrogen-bond acceptors (Lipinski definition) is 4. The second kappa shape index (κ2) is 8.27. The summed E-state index contributed by atoms with van der Waals surface area (Å²) in [6, 6.07) is 0. The largest absolute Gasteiger partial charge is 0.355 e. The summed E-state index contributed by atoms with van der Waals surface area (Å²) in [5, 5.41) is 8.16. The van der Waals surface area contributed by atoms with Crippen LogP contribution in [0.1, 0.15) is 51.6 Å². The van der Waals surface area contributed by atoms with E-state index < -0.39 is 0 Å². The van der Waals surface area contributed by atoms with Crippen LogP contribution in [0.5, 0.6) is 0 Å². The number of carbonyl (C=O) groups excluding carboxylic acids is 2. The van der Waals surface area contributed by atoms with E-state index in [0.717, 1.165) is 6.54 Å². The fraction of sp³-hybridized carbons (Fsp3) is 0.688. The number of thiazole rings is 1. The van der Waals surface area contributed by atoms with Gasteiger partial charge in [-0.1, -0.05) is 33.1 Å². The maximum atomic E-state index is 12.0. The van der Waals surface area contributed by atoms with Crippen LogP contribution in [-0.4, -0.2) is 23.3 Å². The molecular weight excluding hydrogens is 298 g/mol. The first-order valence-electron chi connectivity index (χ1n) is 8.06. The van der Waals surface area contributed by atoms with Crippen LogP contribution in [0.25, 0.3) is 0 Å². The molecule has 0 radical (unpaired) electrons. The summed E-state index contributed by atoms with van der Waals surface area (Å²) in [6.45, 7) is 4.45. The van der Waals surface area contributed by atoms with Crippen molar-refractivity contribution in [2.75, 3.05) is 11.9 Å². The average Bonchev–Trinajstić information content (AvgIpc) is 2.93. The Kier molecular flexibility index (Phi) is 6.36. The molecule has 1 saturated carbocycles. The fourth-order valence-corrected chi connectivity index (χ4v) is 3.28. The zero-order valence-corrected chi connectivity index (χ0v) is 14.2. The minimum absolute atomic E-state index is 0.0117. The quantitative estimate of drug-likeness (QED) is 0.845. The van der Waals surface area contributed by atoms with Crippen molar-refractivity contribution in [3.05, 3.63) is 11.1 Å². The maximum absolute atomic E-state index is 12.0. The molecule has 1 aromatic heterocycles. The van der Waals surface area contributed by atoms with Gasteiger partial charge in [0.25, 0.3) is 0 Å². The number of anilines is 1. The first kappa shape index (κ1) is 16.9. The number of nitrogens with zero attached hydrogens (tertiary/aromatic N) is 1. The van der Waals surface area contributed by atoms with Crippen LogP contribution < -0.4 is 10.6 Å². The number of hydrogen-bond donors (Lipinski definition) is 2. The van der Waals surface area contributed by atoms with Gasteiger partial charge in [-0.25, -0.2) is 4.98 Å². The summed E-state index contributed by atoms with van der Waals surface area (Å²) >= 11 is 1.36. The van der Waals surface area contributed by atoms with E-state index in [-0.39, 0.29) is 24.2 Å². The van der Waals surface area contributed by atoms with E-state index in [4.69, 9.17) is 0 Å². The number of rotatable bonds is 6. The van der Waals surface area contributed by atoms with Crippen molar-refractivity contribution in [1.29, 1.82) is 0 Å². The van der Waals surface area contributed by atoms with Crippen LogP contribution >= 0.6 is 11.3 Å². The molecule has 6 heteroatoms. The summed E-state index contributed by atoms with van der Waals surface area (Å²) in [5.41, 5.74) is 0.713. The Hall–Kier alpha value is -1.43. The second-order valence-electron chi connectivity index (χ2n) is 6.27. The van der Waals surface area contributed by atoms with Crippen molar-refractivity contribution in [1.82, 2.24) is 10.3 Å². The van der Waals surface area contributed by atoms with Crippen molar-refractivity contribution in [2.24, 2.45) is 11.8 Å². The van der Waals surface area contributed by atoms with Crippen molar-refractivity contribution >= 4 is 28.3 Å². The van der Waals surface area contributed by atoms with Crippen LogP contribution in [-0.2, 0) is 16.0 Å². The topological polar surface area (TPSA) is 71.1 Å². The number of carbonyl (C=O) groups is 2. The van der Waals surface area contributed by atoms with Crippen LogP contribution in [0.2, 0.25) is 0 Å². The number of amides is 2. The Balaban J connectivity index is 1.74. The molecule has 2 N–H and O–H groups in total. The summed E-state index contributed by atoms with van der Waals surface area (Å²) in [4.78, 5) is 27.9. The molecule has 2 amide bonds. The summed E-state index contributed by atoms with van der Waals surface area (Å²) in [5.74, 6) is 0.514. The predicted octanol–water partition coefficient (Wildman–Crippen LogP) is 2.98. The van der Waals surface area contributed by atoms with Gasteiger partial charge in [0.2, 0.25) is 11.8 Å². The Morgan fingerprint density at radius 3 is 2.73 bits per heavy atom. The van der Waals surface area contributed by atoms with E-state index >= 15 is 0 Å². The van der Waals surface area contributed by atoms with Gasteiger partial charge in [-0.15, -0.1) is 11.3 Å². The highest BCUT2D eigenvalue weighted by Gasteiger charge is 2.15.